The van der Waals surface area contributed by atoms with Crippen molar-refractivity contribution in [1.29, 1.82) is 0 Å². The van der Waals surface area contributed by atoms with Gasteiger partial charge in [0.15, 0.2) is 23.3 Å². The third-order valence-corrected chi connectivity index (χ3v) is 7.04. The zero-order valence-corrected chi connectivity index (χ0v) is 28.9. The lowest BCUT2D eigenvalue weighted by Crippen LogP contribution is -3.00. The molecule has 0 bridgehead atoms. The third-order valence-electron chi connectivity index (χ3n) is 7.04. The zero-order valence-electron chi connectivity index (χ0n) is 26.7. The minimum atomic E-state index is -10.0. The highest BCUT2D eigenvalue weighted by Crippen LogP contribution is 2.66. The molecule has 0 aromatic heterocycles. The first kappa shape index (κ1) is 59.4. The number of ether oxygens (including phenoxy) is 1. The molecular weight excluding hydrogens is 1140 g/mol. The fraction of sp³-hybridized carbons (Fsp3) is 0.591. The Morgan fingerprint density at radius 2 is 0.746 bits per heavy atom. The van der Waals surface area contributed by atoms with E-state index in [1.165, 1.54) is 0 Å². The highest BCUT2D eigenvalue weighted by molar-refractivity contribution is 5.95. The fourth-order valence-electron chi connectivity index (χ4n) is 3.86. The monoisotopic (exact) mass is 1140 g/mol. The topological polar surface area (TPSA) is 38.3 Å². The van der Waals surface area contributed by atoms with Crippen LogP contribution in [0.1, 0.15) is 10.4 Å². The molecule has 0 saturated carbocycles. The maximum Gasteiger partial charge on any atom is 0.593 e. The number of nitrogens with zero attached hydrogens (tertiary/aromatic N) is 1. The van der Waals surface area contributed by atoms with Crippen LogP contribution in [0.25, 0.3) is 0 Å². The highest BCUT2D eigenvalue weighted by Gasteiger charge is 3.02. The number of halogens is 37. The summed E-state index contributed by atoms with van der Waals surface area (Å²) in [6.07, 6.45) is -37.2. The van der Waals surface area contributed by atoms with Gasteiger partial charge in [0.25, 0.3) is 5.91 Å². The van der Waals surface area contributed by atoms with Crippen molar-refractivity contribution in [2.75, 3.05) is 0 Å². The Kier molecular flexibility index (Phi) is 15.2. The van der Waals surface area contributed by atoms with Gasteiger partial charge < -0.3 is 28.7 Å². The number of quaternary nitrogens is 1. The molecule has 1 amide bonds. The molecule has 0 fully saturated rings. The van der Waals surface area contributed by atoms with Gasteiger partial charge in [0.2, 0.25) is 11.6 Å². The Bertz CT molecular complexity index is 1880. The molecule has 0 aliphatic heterocycles. The van der Waals surface area contributed by atoms with Crippen molar-refractivity contribution >= 4 is 5.91 Å². The molecular formula is C22HF36IN2O2. The van der Waals surface area contributed by atoms with Gasteiger partial charge in [-0.25, -0.2) is 22.0 Å². The summed E-state index contributed by atoms with van der Waals surface area (Å²) in [6, 6.07) is -24.7. The van der Waals surface area contributed by atoms with Gasteiger partial charge >= 0.3 is 84.6 Å². The minimum absolute atomic E-state index is 0. The van der Waals surface area contributed by atoms with Gasteiger partial charge in [-0.15, -0.1) is 43.9 Å². The van der Waals surface area contributed by atoms with Crippen LogP contribution in [0.4, 0.5) is 158 Å². The first-order valence-corrected chi connectivity index (χ1v) is 13.1. The normalized spacial score (nSPS) is 15.8. The number of rotatable bonds is 14. The predicted molar refractivity (Wildman–Crippen MR) is 112 cm³/mol. The van der Waals surface area contributed by atoms with E-state index >= 15 is 0 Å². The quantitative estimate of drug-likeness (QED) is 0.0296. The van der Waals surface area contributed by atoms with Crippen LogP contribution in [-0.2, 0) is 4.74 Å². The third kappa shape index (κ3) is 8.00. The van der Waals surface area contributed by atoms with E-state index in [0.717, 1.165) is 4.74 Å². The van der Waals surface area contributed by atoms with Crippen LogP contribution in [0.15, 0.2) is 11.8 Å². The van der Waals surface area contributed by atoms with Crippen LogP contribution < -0.4 is 29.3 Å². The minimum Gasteiger partial charge on any atom is -1.00 e. The lowest BCUT2D eigenvalue weighted by atomic mass is 9.91. The Morgan fingerprint density at radius 3 is 1.06 bits per heavy atom. The number of hydrogen-bond donors (Lipinski definition) is 1. The van der Waals surface area contributed by atoms with E-state index in [4.69, 9.17) is 0 Å². The molecule has 370 valence electrons. The first-order valence-electron chi connectivity index (χ1n) is 13.1. The van der Waals surface area contributed by atoms with Gasteiger partial charge in [-0.05, 0) is 0 Å². The molecule has 0 radical (unpaired) electrons. The zero-order chi connectivity index (χ0) is 50.6. The average molecular weight is 1140 g/mol. The Balaban J connectivity index is 0.0000384. The van der Waals surface area contributed by atoms with Crippen LogP contribution in [0, 0.1) is 29.1 Å². The fourth-order valence-corrected chi connectivity index (χ4v) is 3.86. The molecule has 1 aromatic rings. The van der Waals surface area contributed by atoms with E-state index in [1.54, 1.807) is 0 Å². The number of alkyl halides is 29. The molecule has 0 aliphatic carbocycles. The SMILES string of the molecule is O=C(NC(F)(F)C(F)(F)C(F)(F)[N+](C(F)(F)F)(C(F)(F)F)C(F)(F)OC(F)=C(F)C(F)(F)C(F)(F)C(F)(F)C(F)(F)C(F)(F)C(F)(F)C(F)(F)F)c1c(F)c(F)c(F)c(F)c1F.[I-]. The summed E-state index contributed by atoms with van der Waals surface area (Å²) < 4.78 is 483. The molecule has 0 spiro atoms. The molecule has 1 rings (SSSR count). The summed E-state index contributed by atoms with van der Waals surface area (Å²) in [6.45, 7) is 0. The van der Waals surface area contributed by atoms with Gasteiger partial charge in [-0.1, -0.05) is 0 Å². The summed E-state index contributed by atoms with van der Waals surface area (Å²) in [5.41, 5.74) is -3.62. The number of carbonyl (C=O) groups excluding carboxylic acids is 1. The largest absolute Gasteiger partial charge is 1.00 e. The van der Waals surface area contributed by atoms with Crippen LogP contribution in [0.3, 0.4) is 0 Å². The van der Waals surface area contributed by atoms with E-state index in [2.05, 4.69) is 0 Å². The Hall–Kier alpha value is -3.60. The number of allylic oxidation sites excluding steroid dienone is 1. The molecule has 0 heterocycles. The summed E-state index contributed by atoms with van der Waals surface area (Å²) in [7, 11) is 0. The number of nitrogens with one attached hydrogen (secondary N) is 1. The summed E-state index contributed by atoms with van der Waals surface area (Å²) in [4.78, 5) is 11.6. The Labute approximate surface area is 332 Å². The maximum absolute atomic E-state index is 14.7. The highest BCUT2D eigenvalue weighted by atomic mass is 127. The predicted octanol–water partition coefficient (Wildman–Crippen LogP) is 8.84. The molecule has 1 aromatic carbocycles. The molecule has 0 saturated heterocycles. The summed E-state index contributed by atoms with van der Waals surface area (Å²) in [5, 5.41) is -1.44. The second-order valence-corrected chi connectivity index (χ2v) is 10.8. The van der Waals surface area contributed by atoms with Gasteiger partial charge in [0.05, 0.1) is 0 Å². The van der Waals surface area contributed by atoms with E-state index in [0.29, 0.717) is 0 Å². The first-order chi connectivity index (χ1) is 26.6. The number of amides is 1. The standard InChI is InChI=1S/C22F36N2O2.HI/c23-2-1(3(24)5(26)6(27)4(2)25)9(61)59-18(47,48)16(42,43)19(49,50)60(20(51,52)53,21(54,55)56)22(57,58)62-8(29)7(28)10(30,31)11(32,33)12(34,35)13(36,37)14(38,39)15(40,41)17(44,45)46;/h;1H. The van der Waals surface area contributed by atoms with Crippen LogP contribution in [0.2, 0.25) is 0 Å². The molecule has 0 unspecified atom stereocenters. The van der Waals surface area contributed by atoms with Gasteiger partial charge in [-0.2, -0.15) is 92.2 Å². The van der Waals surface area contributed by atoms with E-state index < -0.39 is 141 Å². The lowest BCUT2D eigenvalue weighted by Gasteiger charge is -2.47. The van der Waals surface area contributed by atoms with E-state index in [1.807, 2.05) is 0 Å². The molecule has 0 atom stereocenters. The van der Waals surface area contributed by atoms with Crippen LogP contribution >= 0.6 is 0 Å². The maximum atomic E-state index is 14.7. The number of carbonyl (C=O) groups is 1. The van der Waals surface area contributed by atoms with Crippen LogP contribution in [0.5, 0.6) is 0 Å². The smallest absolute Gasteiger partial charge is 0.593 e. The van der Waals surface area contributed by atoms with Crippen molar-refractivity contribution in [1.82, 2.24) is 5.32 Å². The molecule has 63 heavy (non-hydrogen) atoms. The van der Waals surface area contributed by atoms with E-state index in [-0.39, 0.29) is 24.0 Å². The second kappa shape index (κ2) is 16.1. The molecule has 0 aliphatic rings. The van der Waals surface area contributed by atoms with Crippen molar-refractivity contribution in [2.24, 2.45) is 0 Å². The van der Waals surface area contributed by atoms with E-state index in [9.17, 15) is 163 Å². The van der Waals surface area contributed by atoms with Gasteiger partial charge in [0.1, 0.15) is 5.56 Å². The molecule has 41 heteroatoms. The van der Waals surface area contributed by atoms with Crippen molar-refractivity contribution < 1.29 is 196 Å². The summed E-state index contributed by atoms with van der Waals surface area (Å²) >= 11 is 0. The average Bonchev–Trinajstić information content (AvgIpc) is 3.02. The second-order valence-electron chi connectivity index (χ2n) is 10.8. The summed E-state index contributed by atoms with van der Waals surface area (Å²) in [5.74, 6) is -94.0. The number of hydrogen-bond acceptors (Lipinski definition) is 2. The van der Waals surface area contributed by atoms with Crippen molar-refractivity contribution in [3.05, 3.63) is 46.5 Å². The van der Waals surface area contributed by atoms with Crippen molar-refractivity contribution in [2.45, 2.75) is 78.6 Å². The Morgan fingerprint density at radius 1 is 0.444 bits per heavy atom. The van der Waals surface area contributed by atoms with Crippen molar-refractivity contribution in [3.8, 4) is 0 Å². The molecule has 4 nitrogen and oxygen atoms in total. The van der Waals surface area contributed by atoms with Gasteiger partial charge in [-0.3, -0.25) is 10.1 Å². The molecule has 1 N–H and O–H groups in total. The lowest BCUT2D eigenvalue weighted by molar-refractivity contribution is -1.23. The van der Waals surface area contributed by atoms with Gasteiger partial charge in [0, 0.05) is 4.48 Å². The van der Waals surface area contributed by atoms with Crippen LogP contribution in [-0.4, -0.2) is 89.0 Å². The van der Waals surface area contributed by atoms with Crippen molar-refractivity contribution in [3.63, 3.8) is 0 Å². The number of benzene rings is 1.